The maximum atomic E-state index is 13.9. The Morgan fingerprint density at radius 2 is 2.05 bits per heavy atom. The number of morpholine rings is 1. The van der Waals surface area contributed by atoms with Crippen molar-refractivity contribution in [2.75, 3.05) is 46.2 Å². The topological polar surface area (TPSA) is 113 Å². The number of carbonyl (C=O) groups excluding carboxylic acids is 1. The number of piperazine rings is 1. The molecule has 2 fully saturated rings. The van der Waals surface area contributed by atoms with Crippen LogP contribution in [0.15, 0.2) is 46.0 Å². The van der Waals surface area contributed by atoms with Gasteiger partial charge in [0.1, 0.15) is 11.9 Å². The van der Waals surface area contributed by atoms with Gasteiger partial charge in [-0.1, -0.05) is 17.7 Å². The van der Waals surface area contributed by atoms with Crippen molar-refractivity contribution in [1.29, 1.82) is 0 Å². The summed E-state index contributed by atoms with van der Waals surface area (Å²) in [6.45, 7) is 1.53. The van der Waals surface area contributed by atoms with E-state index in [-0.39, 0.29) is 42.3 Å². The molecule has 198 valence electrons. The number of hydrogen-bond acceptors (Lipinski definition) is 10. The third-order valence-corrected chi connectivity index (χ3v) is 8.96. The molecule has 3 aliphatic heterocycles. The summed E-state index contributed by atoms with van der Waals surface area (Å²) >= 11 is 7.79. The molecule has 4 heterocycles. The van der Waals surface area contributed by atoms with E-state index in [0.29, 0.717) is 35.3 Å². The highest BCUT2D eigenvalue weighted by Gasteiger charge is 2.43. The number of hydrogen-bond donors (Lipinski definition) is 1. The molecule has 1 aromatic carbocycles. The number of nitrogens with one attached hydrogen (secondary N) is 1. The van der Waals surface area contributed by atoms with Gasteiger partial charge in [0.05, 0.1) is 32.2 Å². The molecule has 0 spiro atoms. The van der Waals surface area contributed by atoms with E-state index in [1.54, 1.807) is 6.20 Å². The first-order chi connectivity index (χ1) is 17.7. The lowest BCUT2D eigenvalue weighted by molar-refractivity contribution is -0.136. The summed E-state index contributed by atoms with van der Waals surface area (Å²) < 4.78 is 50.7. The Labute approximate surface area is 222 Å². The summed E-state index contributed by atoms with van der Waals surface area (Å²) in [6.07, 6.45) is 2.85. The molecule has 3 unspecified atom stereocenters. The molecular formula is C23H25ClFN5O5S2. The number of carbonyl (C=O) groups is 1. The minimum atomic E-state index is -3.37. The number of amidine groups is 1. The fraction of sp³-hybridized carbons (Fsp3) is 0.435. The Hall–Kier alpha value is -2.42. The number of fused-ring (bicyclic) bond motifs is 2. The number of benzene rings is 1. The Kier molecular flexibility index (Phi) is 7.35. The number of rotatable bonds is 6. The molecule has 1 aromatic heterocycles. The van der Waals surface area contributed by atoms with Gasteiger partial charge in [0.15, 0.2) is 10.8 Å². The molecule has 37 heavy (non-hydrogen) atoms. The monoisotopic (exact) mass is 569 g/mol. The van der Waals surface area contributed by atoms with Gasteiger partial charge >= 0.3 is 5.97 Å². The molecule has 5 rings (SSSR count). The van der Waals surface area contributed by atoms with Crippen molar-refractivity contribution in [3.63, 3.8) is 0 Å². The number of halogens is 2. The van der Waals surface area contributed by atoms with Crippen molar-refractivity contribution in [3.8, 4) is 0 Å². The summed E-state index contributed by atoms with van der Waals surface area (Å²) in [5, 5.41) is 5.82. The molecule has 2 aromatic rings. The van der Waals surface area contributed by atoms with Crippen LogP contribution in [0.5, 0.6) is 0 Å². The number of aliphatic imine (C=N–C) groups is 1. The molecule has 2 bridgehead atoms. The van der Waals surface area contributed by atoms with Gasteiger partial charge in [-0.3, -0.25) is 9.89 Å². The summed E-state index contributed by atoms with van der Waals surface area (Å²) in [5.41, 5.74) is 1.21. The van der Waals surface area contributed by atoms with E-state index >= 15 is 0 Å². The van der Waals surface area contributed by atoms with Crippen molar-refractivity contribution < 1.29 is 27.1 Å². The third kappa shape index (κ3) is 5.29. The van der Waals surface area contributed by atoms with E-state index in [1.807, 2.05) is 5.38 Å². The quantitative estimate of drug-likeness (QED) is 0.524. The SMILES string of the molecule is COC(=O)C1=C(CN2C3COCC2CN(S(C)(=O)=O)C3)NC(c2nccs2)=NC1c1ccc(F)cc1Cl. The first-order valence-corrected chi connectivity index (χ1v) is 14.6. The van der Waals surface area contributed by atoms with E-state index in [1.165, 1.54) is 47.2 Å². The van der Waals surface area contributed by atoms with Crippen LogP contribution >= 0.6 is 22.9 Å². The van der Waals surface area contributed by atoms with Crippen molar-refractivity contribution in [1.82, 2.24) is 19.5 Å². The Balaban J connectivity index is 1.57. The smallest absolute Gasteiger partial charge is 0.338 e. The van der Waals surface area contributed by atoms with Crippen LogP contribution < -0.4 is 5.32 Å². The van der Waals surface area contributed by atoms with Crippen LogP contribution in [0.4, 0.5) is 4.39 Å². The van der Waals surface area contributed by atoms with Crippen LogP contribution in [-0.4, -0.2) is 92.7 Å². The second kappa shape index (κ2) is 10.4. The fourth-order valence-corrected chi connectivity index (χ4v) is 6.61. The number of nitrogens with zero attached hydrogens (tertiary/aromatic N) is 4. The lowest BCUT2D eigenvalue weighted by atomic mass is 9.94. The standard InChI is InChI=1S/C23H25ClFN5O5S2/c1-34-23(31)19-18(10-30-14-8-29(37(2,32)33)9-15(30)12-35-11-14)27-21(22-26-5-6-36-22)28-20(19)16-4-3-13(25)7-17(16)24/h3-7,14-15,20H,8-12H2,1-2H3,(H,27,28). The Morgan fingerprint density at radius 1 is 1.32 bits per heavy atom. The van der Waals surface area contributed by atoms with Crippen LogP contribution in [0, 0.1) is 5.82 Å². The number of aromatic nitrogens is 1. The number of thiazole rings is 1. The molecule has 0 saturated carbocycles. The summed E-state index contributed by atoms with van der Waals surface area (Å²) in [5.74, 6) is -0.669. The fourth-order valence-electron chi connectivity index (χ4n) is 4.87. The van der Waals surface area contributed by atoms with Gasteiger partial charge in [-0.2, -0.15) is 4.31 Å². The molecular weight excluding hydrogens is 545 g/mol. The zero-order chi connectivity index (χ0) is 26.3. The lowest BCUT2D eigenvalue weighted by Crippen LogP contribution is -2.66. The average Bonchev–Trinajstić information content (AvgIpc) is 3.37. The van der Waals surface area contributed by atoms with E-state index in [4.69, 9.17) is 26.1 Å². The van der Waals surface area contributed by atoms with Crippen molar-refractivity contribution in [3.05, 3.63) is 62.5 Å². The van der Waals surface area contributed by atoms with E-state index < -0.39 is 27.9 Å². The van der Waals surface area contributed by atoms with Gasteiger partial charge in [0, 0.05) is 59.6 Å². The predicted octanol–water partition coefficient (Wildman–Crippen LogP) is 1.80. The third-order valence-electron chi connectivity index (χ3n) is 6.62. The van der Waals surface area contributed by atoms with Gasteiger partial charge < -0.3 is 14.8 Å². The molecule has 0 amide bonds. The van der Waals surface area contributed by atoms with Gasteiger partial charge in [0.25, 0.3) is 0 Å². The Bertz CT molecular complexity index is 1350. The number of methoxy groups -OCH3 is 1. The summed E-state index contributed by atoms with van der Waals surface area (Å²) in [6, 6.07) is 2.64. The van der Waals surface area contributed by atoms with Crippen LogP contribution in [0.2, 0.25) is 5.02 Å². The van der Waals surface area contributed by atoms with Crippen LogP contribution in [0.25, 0.3) is 0 Å². The van der Waals surface area contributed by atoms with Crippen LogP contribution in [-0.2, 0) is 24.3 Å². The van der Waals surface area contributed by atoms with Gasteiger partial charge in [0.2, 0.25) is 10.0 Å². The molecule has 3 aliphatic rings. The largest absolute Gasteiger partial charge is 0.466 e. The first kappa shape index (κ1) is 26.2. The first-order valence-electron chi connectivity index (χ1n) is 11.4. The summed E-state index contributed by atoms with van der Waals surface area (Å²) in [7, 11) is -2.08. The number of esters is 1. The highest BCUT2D eigenvalue weighted by atomic mass is 35.5. The van der Waals surface area contributed by atoms with Gasteiger partial charge in [-0.15, -0.1) is 11.3 Å². The highest BCUT2D eigenvalue weighted by Crippen LogP contribution is 2.37. The molecule has 0 aliphatic carbocycles. The van der Waals surface area contributed by atoms with E-state index in [9.17, 15) is 17.6 Å². The molecule has 0 radical (unpaired) electrons. The molecule has 2 saturated heterocycles. The highest BCUT2D eigenvalue weighted by molar-refractivity contribution is 7.88. The minimum Gasteiger partial charge on any atom is -0.466 e. The van der Waals surface area contributed by atoms with Gasteiger partial charge in [-0.05, 0) is 12.1 Å². The molecule has 14 heteroatoms. The van der Waals surface area contributed by atoms with Crippen LogP contribution in [0.1, 0.15) is 16.6 Å². The minimum absolute atomic E-state index is 0.127. The zero-order valence-electron chi connectivity index (χ0n) is 20.1. The predicted molar refractivity (Wildman–Crippen MR) is 136 cm³/mol. The van der Waals surface area contributed by atoms with E-state index in [2.05, 4.69) is 15.2 Å². The maximum Gasteiger partial charge on any atom is 0.338 e. The van der Waals surface area contributed by atoms with Crippen molar-refractivity contribution in [2.45, 2.75) is 18.1 Å². The lowest BCUT2D eigenvalue weighted by Gasteiger charge is -2.49. The number of sulfonamides is 1. The molecule has 10 nitrogen and oxygen atoms in total. The second-order valence-electron chi connectivity index (χ2n) is 8.99. The normalized spacial score (nSPS) is 25.0. The molecule has 1 N–H and O–H groups in total. The summed E-state index contributed by atoms with van der Waals surface area (Å²) in [4.78, 5) is 24.4. The average molecular weight is 570 g/mol. The zero-order valence-corrected chi connectivity index (χ0v) is 22.4. The van der Waals surface area contributed by atoms with E-state index in [0.717, 1.165) is 0 Å². The van der Waals surface area contributed by atoms with Crippen molar-refractivity contribution in [2.24, 2.45) is 4.99 Å². The van der Waals surface area contributed by atoms with Gasteiger partial charge in [-0.25, -0.2) is 22.6 Å². The Morgan fingerprint density at radius 3 is 2.65 bits per heavy atom. The second-order valence-corrected chi connectivity index (χ2v) is 12.3. The van der Waals surface area contributed by atoms with Crippen molar-refractivity contribution >= 4 is 44.8 Å². The maximum absolute atomic E-state index is 13.9. The molecule has 3 atom stereocenters. The van der Waals surface area contributed by atoms with Crippen LogP contribution in [0.3, 0.4) is 0 Å². The number of ether oxygens (including phenoxy) is 2.